The zero-order valence-electron chi connectivity index (χ0n) is 11.4. The first-order chi connectivity index (χ1) is 9.86. The molecule has 2 aromatic rings. The maximum absolute atomic E-state index is 9.08. The van der Waals surface area contributed by atoms with Crippen molar-refractivity contribution in [3.8, 4) is 11.8 Å². The number of nitriles is 1. The van der Waals surface area contributed by atoms with Crippen molar-refractivity contribution in [2.24, 2.45) is 5.92 Å². The molecule has 1 fully saturated rings. The van der Waals surface area contributed by atoms with E-state index in [1.807, 2.05) is 16.9 Å². The summed E-state index contributed by atoms with van der Waals surface area (Å²) in [5, 5.41) is 16.8. The minimum Gasteiger partial charge on any atom is -0.309 e. The largest absolute Gasteiger partial charge is 0.309 e. The second kappa shape index (κ2) is 5.89. The summed E-state index contributed by atoms with van der Waals surface area (Å²) in [5.74, 6) is 0.179. The van der Waals surface area contributed by atoms with Crippen LogP contribution < -0.4 is 5.32 Å². The van der Waals surface area contributed by atoms with E-state index in [-0.39, 0.29) is 5.92 Å². The summed E-state index contributed by atoms with van der Waals surface area (Å²) in [4.78, 5) is 0. The zero-order valence-corrected chi connectivity index (χ0v) is 11.4. The van der Waals surface area contributed by atoms with Crippen molar-refractivity contribution in [2.75, 3.05) is 0 Å². The van der Waals surface area contributed by atoms with Crippen LogP contribution in [0.4, 0.5) is 0 Å². The van der Waals surface area contributed by atoms with Gasteiger partial charge in [-0.15, -0.1) is 0 Å². The van der Waals surface area contributed by atoms with Gasteiger partial charge in [-0.3, -0.25) is 0 Å². The van der Waals surface area contributed by atoms with E-state index in [4.69, 9.17) is 5.26 Å². The molecular weight excluding hydrogens is 248 g/mol. The lowest BCUT2D eigenvalue weighted by Gasteiger charge is -2.15. The molecule has 4 nitrogen and oxygen atoms in total. The van der Waals surface area contributed by atoms with E-state index < -0.39 is 0 Å². The van der Waals surface area contributed by atoms with Crippen LogP contribution in [0, 0.1) is 17.2 Å². The van der Waals surface area contributed by atoms with E-state index in [0.29, 0.717) is 6.04 Å². The lowest BCUT2D eigenvalue weighted by atomic mass is 10.1. The Morgan fingerprint density at radius 1 is 1.30 bits per heavy atom. The Morgan fingerprint density at radius 2 is 2.15 bits per heavy atom. The van der Waals surface area contributed by atoms with Crippen LogP contribution in [0.15, 0.2) is 42.7 Å². The molecule has 1 N–H and O–H groups in total. The molecule has 2 atom stereocenters. The first kappa shape index (κ1) is 12.9. The molecule has 0 aliphatic heterocycles. The Kier molecular flexibility index (Phi) is 3.80. The normalized spacial score (nSPS) is 21.8. The molecule has 0 radical (unpaired) electrons. The van der Waals surface area contributed by atoms with Crippen LogP contribution in [-0.2, 0) is 6.54 Å². The van der Waals surface area contributed by atoms with Gasteiger partial charge < -0.3 is 5.32 Å². The second-order valence-corrected chi connectivity index (χ2v) is 5.27. The number of hydrogen-bond acceptors (Lipinski definition) is 3. The van der Waals surface area contributed by atoms with E-state index in [1.54, 1.807) is 6.20 Å². The van der Waals surface area contributed by atoms with Gasteiger partial charge in [0, 0.05) is 25.0 Å². The van der Waals surface area contributed by atoms with Crippen LogP contribution in [0.2, 0.25) is 0 Å². The predicted molar refractivity (Wildman–Crippen MR) is 77.1 cm³/mol. The molecule has 4 heteroatoms. The highest BCUT2D eigenvalue weighted by molar-refractivity contribution is 5.33. The monoisotopic (exact) mass is 266 g/mol. The van der Waals surface area contributed by atoms with Crippen molar-refractivity contribution in [2.45, 2.75) is 31.8 Å². The SMILES string of the molecule is N#CC1CCCC1NCc1ccc(-n2cccn2)cc1. The van der Waals surface area contributed by atoms with E-state index in [1.165, 1.54) is 5.56 Å². The third kappa shape index (κ3) is 2.73. The van der Waals surface area contributed by atoms with Crippen molar-refractivity contribution >= 4 is 0 Å². The molecule has 102 valence electrons. The molecule has 2 unspecified atom stereocenters. The molecule has 0 spiro atoms. The number of hydrogen-bond donors (Lipinski definition) is 1. The summed E-state index contributed by atoms with van der Waals surface area (Å²) >= 11 is 0. The molecule has 1 aromatic heterocycles. The Balaban J connectivity index is 1.60. The summed E-state index contributed by atoms with van der Waals surface area (Å²) in [6.45, 7) is 0.822. The van der Waals surface area contributed by atoms with Crippen LogP contribution in [0.1, 0.15) is 24.8 Å². The van der Waals surface area contributed by atoms with Gasteiger partial charge in [0.1, 0.15) is 0 Å². The molecule has 20 heavy (non-hydrogen) atoms. The van der Waals surface area contributed by atoms with Gasteiger partial charge in [-0.1, -0.05) is 18.6 Å². The van der Waals surface area contributed by atoms with Gasteiger partial charge in [0.05, 0.1) is 17.7 Å². The molecule has 0 amide bonds. The topological polar surface area (TPSA) is 53.6 Å². The fraction of sp³-hybridized carbons (Fsp3) is 0.375. The van der Waals surface area contributed by atoms with Gasteiger partial charge in [-0.05, 0) is 36.6 Å². The van der Waals surface area contributed by atoms with Gasteiger partial charge in [-0.25, -0.2) is 4.68 Å². The van der Waals surface area contributed by atoms with E-state index >= 15 is 0 Å². The predicted octanol–water partition coefficient (Wildman–Crippen LogP) is 2.65. The first-order valence-corrected chi connectivity index (χ1v) is 7.09. The minimum absolute atomic E-state index is 0.179. The molecule has 1 aliphatic rings. The van der Waals surface area contributed by atoms with Crippen LogP contribution >= 0.6 is 0 Å². The molecule has 1 saturated carbocycles. The fourth-order valence-electron chi connectivity index (χ4n) is 2.80. The van der Waals surface area contributed by atoms with Gasteiger partial charge in [-0.2, -0.15) is 10.4 Å². The lowest BCUT2D eigenvalue weighted by molar-refractivity contribution is 0.464. The number of nitrogens with one attached hydrogen (secondary N) is 1. The molecule has 1 aromatic carbocycles. The Labute approximate surface area is 119 Å². The van der Waals surface area contributed by atoms with Crippen molar-refractivity contribution < 1.29 is 0 Å². The molecular formula is C16H18N4. The minimum atomic E-state index is 0.179. The molecule has 3 rings (SSSR count). The molecule has 1 heterocycles. The highest BCUT2D eigenvalue weighted by Gasteiger charge is 2.26. The summed E-state index contributed by atoms with van der Waals surface area (Å²) < 4.78 is 1.85. The average molecular weight is 266 g/mol. The van der Waals surface area contributed by atoms with Crippen LogP contribution in [0.5, 0.6) is 0 Å². The van der Waals surface area contributed by atoms with Gasteiger partial charge in [0.2, 0.25) is 0 Å². The standard InChI is InChI=1S/C16H18N4/c17-11-14-3-1-4-16(14)18-12-13-5-7-15(8-6-13)20-10-2-9-19-20/h2,5-10,14,16,18H,1,3-4,12H2. The highest BCUT2D eigenvalue weighted by atomic mass is 15.3. The lowest BCUT2D eigenvalue weighted by Crippen LogP contribution is -2.31. The van der Waals surface area contributed by atoms with Crippen LogP contribution in [-0.4, -0.2) is 15.8 Å². The Morgan fingerprint density at radius 3 is 2.85 bits per heavy atom. The van der Waals surface area contributed by atoms with Crippen LogP contribution in [0.25, 0.3) is 5.69 Å². The number of nitrogens with zero attached hydrogens (tertiary/aromatic N) is 3. The highest BCUT2D eigenvalue weighted by Crippen LogP contribution is 2.25. The summed E-state index contributed by atoms with van der Waals surface area (Å²) in [6, 6.07) is 13.0. The van der Waals surface area contributed by atoms with Gasteiger partial charge in [0.25, 0.3) is 0 Å². The summed E-state index contributed by atoms with van der Waals surface area (Å²) in [6.07, 6.45) is 7.02. The fourth-order valence-corrected chi connectivity index (χ4v) is 2.80. The number of aromatic nitrogens is 2. The molecule has 0 saturated heterocycles. The molecule has 0 bridgehead atoms. The molecule has 1 aliphatic carbocycles. The van der Waals surface area contributed by atoms with Crippen LogP contribution in [0.3, 0.4) is 0 Å². The van der Waals surface area contributed by atoms with Gasteiger partial charge >= 0.3 is 0 Å². The summed E-state index contributed by atoms with van der Waals surface area (Å²) in [7, 11) is 0. The maximum Gasteiger partial charge on any atom is 0.0672 e. The third-order valence-electron chi connectivity index (χ3n) is 3.96. The first-order valence-electron chi connectivity index (χ1n) is 7.09. The number of benzene rings is 1. The second-order valence-electron chi connectivity index (χ2n) is 5.27. The Bertz CT molecular complexity index is 580. The van der Waals surface area contributed by atoms with Crippen molar-refractivity contribution in [3.05, 3.63) is 48.3 Å². The Hall–Kier alpha value is -2.12. The smallest absolute Gasteiger partial charge is 0.0672 e. The van der Waals surface area contributed by atoms with Crippen molar-refractivity contribution in [1.82, 2.24) is 15.1 Å². The quantitative estimate of drug-likeness (QED) is 0.925. The summed E-state index contributed by atoms with van der Waals surface area (Å²) in [5.41, 5.74) is 2.30. The third-order valence-corrected chi connectivity index (χ3v) is 3.96. The van der Waals surface area contributed by atoms with E-state index in [0.717, 1.165) is 31.5 Å². The van der Waals surface area contributed by atoms with Crippen molar-refractivity contribution in [3.63, 3.8) is 0 Å². The average Bonchev–Trinajstić information content (AvgIpc) is 3.16. The zero-order chi connectivity index (χ0) is 13.8. The van der Waals surface area contributed by atoms with Gasteiger partial charge in [0.15, 0.2) is 0 Å². The van der Waals surface area contributed by atoms with E-state index in [9.17, 15) is 0 Å². The van der Waals surface area contributed by atoms with Crippen molar-refractivity contribution in [1.29, 1.82) is 5.26 Å². The van der Waals surface area contributed by atoms with E-state index in [2.05, 4.69) is 40.8 Å². The maximum atomic E-state index is 9.08. The number of rotatable bonds is 4.